The SMILES string of the molecule is OCc1cc(O)c2c(O)c3c(O)cccc3c(C3OC(CO)[C@@H](O)C(O)[C@@H]3O)c2c1. The molecule has 0 aromatic heterocycles. The zero-order valence-corrected chi connectivity index (χ0v) is 15.7. The second kappa shape index (κ2) is 7.55. The van der Waals surface area contributed by atoms with E-state index in [2.05, 4.69) is 0 Å². The lowest BCUT2D eigenvalue weighted by Gasteiger charge is -2.41. The lowest BCUT2D eigenvalue weighted by atomic mass is 9.85. The molecule has 8 N–H and O–H groups in total. The highest BCUT2D eigenvalue weighted by atomic mass is 16.5. The Hall–Kier alpha value is -2.66. The zero-order chi connectivity index (χ0) is 21.7. The summed E-state index contributed by atoms with van der Waals surface area (Å²) in [6.07, 6.45) is -7.31. The van der Waals surface area contributed by atoms with Gasteiger partial charge in [-0.2, -0.15) is 0 Å². The molecule has 30 heavy (non-hydrogen) atoms. The van der Waals surface area contributed by atoms with Crippen molar-refractivity contribution < 1.29 is 45.6 Å². The molecule has 1 aliphatic heterocycles. The molecular weight excluding hydrogens is 396 g/mol. The van der Waals surface area contributed by atoms with E-state index in [4.69, 9.17) is 4.74 Å². The molecule has 9 nitrogen and oxygen atoms in total. The maximum absolute atomic E-state index is 10.8. The monoisotopic (exact) mass is 418 g/mol. The van der Waals surface area contributed by atoms with Crippen molar-refractivity contribution in [3.63, 3.8) is 0 Å². The number of hydrogen-bond donors (Lipinski definition) is 8. The number of fused-ring (bicyclic) bond motifs is 2. The van der Waals surface area contributed by atoms with E-state index in [1.807, 2.05) is 0 Å². The van der Waals surface area contributed by atoms with Crippen LogP contribution in [0.1, 0.15) is 17.2 Å². The van der Waals surface area contributed by atoms with Crippen molar-refractivity contribution in [2.45, 2.75) is 37.1 Å². The Morgan fingerprint density at radius 3 is 2.17 bits per heavy atom. The van der Waals surface area contributed by atoms with Gasteiger partial charge in [0.2, 0.25) is 0 Å². The van der Waals surface area contributed by atoms with Gasteiger partial charge in [0.05, 0.1) is 24.0 Å². The Labute approximate surface area is 170 Å². The van der Waals surface area contributed by atoms with Gasteiger partial charge in [-0.05, 0) is 40.1 Å². The van der Waals surface area contributed by atoms with Crippen LogP contribution in [0.15, 0.2) is 30.3 Å². The van der Waals surface area contributed by atoms with E-state index in [1.54, 1.807) is 6.07 Å². The summed E-state index contributed by atoms with van der Waals surface area (Å²) >= 11 is 0. The molecule has 0 amide bonds. The largest absolute Gasteiger partial charge is 0.507 e. The molecule has 0 aliphatic carbocycles. The maximum atomic E-state index is 10.8. The van der Waals surface area contributed by atoms with Crippen molar-refractivity contribution in [3.05, 3.63) is 41.5 Å². The van der Waals surface area contributed by atoms with Crippen LogP contribution in [0.25, 0.3) is 21.5 Å². The minimum absolute atomic E-state index is 0.0102. The number of aliphatic hydroxyl groups is 5. The molecule has 1 heterocycles. The lowest BCUT2D eigenvalue weighted by Crippen LogP contribution is -2.55. The molecule has 160 valence electrons. The molecule has 3 aromatic carbocycles. The zero-order valence-electron chi connectivity index (χ0n) is 15.7. The van der Waals surface area contributed by atoms with E-state index in [0.29, 0.717) is 5.56 Å². The highest BCUT2D eigenvalue weighted by molar-refractivity contribution is 6.12. The van der Waals surface area contributed by atoms with Crippen LogP contribution >= 0.6 is 0 Å². The van der Waals surface area contributed by atoms with E-state index in [-0.39, 0.29) is 38.6 Å². The van der Waals surface area contributed by atoms with Crippen molar-refractivity contribution in [1.82, 2.24) is 0 Å². The topological polar surface area (TPSA) is 171 Å². The second-order valence-electron chi connectivity index (χ2n) is 7.41. The summed E-state index contributed by atoms with van der Waals surface area (Å²) in [4.78, 5) is 0. The predicted octanol–water partition coefficient (Wildman–Crippen LogP) is 0.117. The van der Waals surface area contributed by atoms with Crippen molar-refractivity contribution in [1.29, 1.82) is 0 Å². The molecule has 1 aliphatic rings. The third-order valence-corrected chi connectivity index (χ3v) is 5.63. The Kier molecular flexibility index (Phi) is 5.18. The number of aliphatic hydroxyl groups excluding tert-OH is 5. The fourth-order valence-corrected chi connectivity index (χ4v) is 4.17. The lowest BCUT2D eigenvalue weighted by molar-refractivity contribution is -0.231. The molecule has 3 aromatic rings. The maximum Gasteiger partial charge on any atom is 0.138 e. The molecule has 4 rings (SSSR count). The van der Waals surface area contributed by atoms with Gasteiger partial charge in [-0.3, -0.25) is 0 Å². The van der Waals surface area contributed by atoms with Gasteiger partial charge in [0, 0.05) is 0 Å². The van der Waals surface area contributed by atoms with Crippen LogP contribution in [0.4, 0.5) is 0 Å². The summed E-state index contributed by atoms with van der Waals surface area (Å²) in [5, 5.41) is 82.2. The fraction of sp³-hybridized carbons (Fsp3) is 0.333. The normalized spacial score (nSPS) is 27.0. The van der Waals surface area contributed by atoms with Crippen molar-refractivity contribution in [3.8, 4) is 17.2 Å². The summed E-state index contributed by atoms with van der Waals surface area (Å²) in [6, 6.07) is 7.13. The molecule has 0 radical (unpaired) electrons. The first kappa shape index (κ1) is 20.6. The number of rotatable bonds is 3. The van der Waals surface area contributed by atoms with Crippen LogP contribution in [-0.2, 0) is 11.3 Å². The molecular formula is C21H22O9. The average molecular weight is 418 g/mol. The number of hydrogen-bond acceptors (Lipinski definition) is 9. The fourth-order valence-electron chi connectivity index (χ4n) is 4.17. The van der Waals surface area contributed by atoms with E-state index in [0.717, 1.165) is 0 Å². The summed E-state index contributed by atoms with van der Waals surface area (Å²) in [5.41, 5.74) is 0.515. The highest BCUT2D eigenvalue weighted by Crippen LogP contribution is 2.49. The van der Waals surface area contributed by atoms with Crippen molar-refractivity contribution >= 4 is 21.5 Å². The van der Waals surface area contributed by atoms with Gasteiger partial charge >= 0.3 is 0 Å². The third kappa shape index (κ3) is 2.95. The first-order valence-electron chi connectivity index (χ1n) is 9.33. The molecule has 0 spiro atoms. The molecule has 0 saturated carbocycles. The molecule has 1 saturated heterocycles. The summed E-state index contributed by atoms with van der Waals surface area (Å²) in [7, 11) is 0. The minimum atomic E-state index is -1.65. The molecule has 9 heteroatoms. The van der Waals surface area contributed by atoms with Crippen LogP contribution in [0, 0.1) is 0 Å². The summed E-state index contributed by atoms with van der Waals surface area (Å²) in [6.45, 7) is -1.05. The number of benzene rings is 3. The van der Waals surface area contributed by atoms with Gasteiger partial charge in [0.15, 0.2) is 0 Å². The Balaban J connectivity index is 2.12. The van der Waals surface area contributed by atoms with Crippen LogP contribution in [0.2, 0.25) is 0 Å². The van der Waals surface area contributed by atoms with Crippen LogP contribution in [0.5, 0.6) is 17.2 Å². The van der Waals surface area contributed by atoms with Gasteiger partial charge in [0.25, 0.3) is 0 Å². The predicted molar refractivity (Wildman–Crippen MR) is 105 cm³/mol. The van der Waals surface area contributed by atoms with Crippen molar-refractivity contribution in [2.24, 2.45) is 0 Å². The molecule has 3 unspecified atom stereocenters. The van der Waals surface area contributed by atoms with E-state index in [1.165, 1.54) is 24.3 Å². The molecule has 1 fully saturated rings. The smallest absolute Gasteiger partial charge is 0.138 e. The van der Waals surface area contributed by atoms with E-state index in [9.17, 15) is 40.9 Å². The van der Waals surface area contributed by atoms with E-state index < -0.39 is 49.5 Å². The summed E-state index contributed by atoms with van der Waals surface area (Å²) < 4.78 is 5.71. The molecule has 5 atom stereocenters. The van der Waals surface area contributed by atoms with Crippen LogP contribution in [0.3, 0.4) is 0 Å². The van der Waals surface area contributed by atoms with Gasteiger partial charge in [-0.1, -0.05) is 12.1 Å². The molecule has 0 bridgehead atoms. The third-order valence-electron chi connectivity index (χ3n) is 5.63. The quantitative estimate of drug-likeness (QED) is 0.275. The standard InChI is InChI=1S/C21H22O9/c22-6-8-4-10-14(21-20(29)19(28)17(26)13(7-23)30-21)9-2-1-3-11(24)15(9)18(27)16(10)12(25)5-8/h1-5,13,17,19-29H,6-7H2/t13?,17-,19?,20+,21?/m1/s1. The van der Waals surface area contributed by atoms with Gasteiger partial charge in [0.1, 0.15) is 47.8 Å². The first-order valence-corrected chi connectivity index (χ1v) is 9.33. The number of phenols is 3. The number of phenolic OH excluding ortho intramolecular Hbond substituents is 3. The first-order chi connectivity index (χ1) is 14.3. The van der Waals surface area contributed by atoms with Crippen LogP contribution < -0.4 is 0 Å². The Morgan fingerprint density at radius 2 is 1.50 bits per heavy atom. The highest BCUT2D eigenvalue weighted by Gasteiger charge is 2.45. The van der Waals surface area contributed by atoms with Gasteiger partial charge in [-0.25, -0.2) is 0 Å². The summed E-state index contributed by atoms with van der Waals surface area (Å²) in [5.74, 6) is -1.07. The van der Waals surface area contributed by atoms with Gasteiger partial charge in [-0.15, -0.1) is 0 Å². The van der Waals surface area contributed by atoms with Crippen LogP contribution in [-0.4, -0.2) is 71.9 Å². The minimum Gasteiger partial charge on any atom is -0.507 e. The van der Waals surface area contributed by atoms with E-state index >= 15 is 0 Å². The van der Waals surface area contributed by atoms with Gasteiger partial charge < -0.3 is 45.6 Å². The number of aromatic hydroxyl groups is 3. The van der Waals surface area contributed by atoms with Crippen molar-refractivity contribution in [2.75, 3.05) is 6.61 Å². The Morgan fingerprint density at radius 1 is 0.800 bits per heavy atom. The second-order valence-corrected chi connectivity index (χ2v) is 7.41. The Bertz CT molecular complexity index is 1110. The average Bonchev–Trinajstić information content (AvgIpc) is 2.73. The number of ether oxygens (including phenoxy) is 1.